The van der Waals surface area contributed by atoms with Crippen LogP contribution in [0.3, 0.4) is 0 Å². The highest BCUT2D eigenvalue weighted by atomic mass is 35.5. The van der Waals surface area contributed by atoms with Gasteiger partial charge in [0.25, 0.3) is 0 Å². The molecule has 1 amide bonds. The summed E-state index contributed by atoms with van der Waals surface area (Å²) in [6.07, 6.45) is 0. The highest BCUT2D eigenvalue weighted by Gasteiger charge is 2.14. The zero-order chi connectivity index (χ0) is 14.5. The Kier molecular flexibility index (Phi) is 5.77. The highest BCUT2D eigenvalue weighted by molar-refractivity contribution is 7.85. The molecule has 0 aliphatic heterocycles. The van der Waals surface area contributed by atoms with Gasteiger partial charge < -0.3 is 4.90 Å². The third-order valence-corrected chi connectivity index (χ3v) is 6.09. The topological polar surface area (TPSA) is 37.4 Å². The van der Waals surface area contributed by atoms with Gasteiger partial charge in [-0.3, -0.25) is 9.00 Å². The Morgan fingerprint density at radius 1 is 1.35 bits per heavy atom. The molecule has 0 aliphatic carbocycles. The van der Waals surface area contributed by atoms with Crippen LogP contribution in [-0.2, 0) is 27.9 Å². The molecule has 20 heavy (non-hydrogen) atoms. The number of nitrogens with zero attached hydrogens (tertiary/aromatic N) is 1. The van der Waals surface area contributed by atoms with Crippen LogP contribution in [0, 0.1) is 0 Å². The number of amides is 1. The van der Waals surface area contributed by atoms with Crippen molar-refractivity contribution in [3.63, 3.8) is 0 Å². The summed E-state index contributed by atoms with van der Waals surface area (Å²) in [5, 5.41) is 1.98. The molecule has 0 saturated heterocycles. The molecule has 3 nitrogen and oxygen atoms in total. The smallest absolute Gasteiger partial charge is 0.235 e. The minimum atomic E-state index is -1.19. The van der Waals surface area contributed by atoms with E-state index in [1.807, 2.05) is 23.6 Å². The molecule has 0 saturated carbocycles. The lowest BCUT2D eigenvalue weighted by Crippen LogP contribution is -2.30. The first-order valence-electron chi connectivity index (χ1n) is 5.90. The van der Waals surface area contributed by atoms with Gasteiger partial charge in [-0.2, -0.15) is 0 Å². The molecule has 0 fully saturated rings. The van der Waals surface area contributed by atoms with Gasteiger partial charge in [-0.05, 0) is 23.6 Å². The molecular formula is C13H14ClNO2S3. The van der Waals surface area contributed by atoms with Crippen molar-refractivity contribution < 1.29 is 9.00 Å². The van der Waals surface area contributed by atoms with Gasteiger partial charge in [0.2, 0.25) is 5.91 Å². The van der Waals surface area contributed by atoms with Gasteiger partial charge >= 0.3 is 0 Å². The molecule has 7 heteroatoms. The van der Waals surface area contributed by atoms with Gasteiger partial charge in [-0.25, -0.2) is 0 Å². The van der Waals surface area contributed by atoms with Crippen molar-refractivity contribution in [3.05, 3.63) is 43.7 Å². The summed E-state index contributed by atoms with van der Waals surface area (Å²) in [6, 6.07) is 7.57. The molecule has 1 atom stereocenters. The Hall–Kier alpha value is -0.690. The fraction of sp³-hybridized carbons (Fsp3) is 0.308. The first kappa shape index (κ1) is 15.7. The van der Waals surface area contributed by atoms with Crippen molar-refractivity contribution in [1.82, 2.24) is 4.90 Å². The Balaban J connectivity index is 1.82. The molecule has 2 aromatic rings. The molecule has 0 aromatic carbocycles. The van der Waals surface area contributed by atoms with Crippen molar-refractivity contribution in [2.24, 2.45) is 0 Å². The Morgan fingerprint density at radius 2 is 2.15 bits per heavy atom. The van der Waals surface area contributed by atoms with E-state index in [0.717, 1.165) is 9.75 Å². The third kappa shape index (κ3) is 4.70. The Labute approximate surface area is 133 Å². The van der Waals surface area contributed by atoms with E-state index in [1.165, 1.54) is 11.3 Å². The number of rotatable bonds is 6. The van der Waals surface area contributed by atoms with E-state index in [2.05, 4.69) is 0 Å². The zero-order valence-electron chi connectivity index (χ0n) is 10.9. The lowest BCUT2D eigenvalue weighted by molar-refractivity contribution is -0.127. The van der Waals surface area contributed by atoms with Crippen LogP contribution in [0.5, 0.6) is 0 Å². The summed E-state index contributed by atoms with van der Waals surface area (Å²) in [5.74, 6) is 0.340. The van der Waals surface area contributed by atoms with Crippen molar-refractivity contribution >= 4 is 51.0 Å². The van der Waals surface area contributed by atoms with Crippen LogP contribution < -0.4 is 0 Å². The first-order valence-corrected chi connectivity index (χ1v) is 9.46. The van der Waals surface area contributed by atoms with Crippen LogP contribution in [0.2, 0.25) is 4.34 Å². The van der Waals surface area contributed by atoms with Crippen LogP contribution in [0.15, 0.2) is 29.6 Å². The zero-order valence-corrected chi connectivity index (χ0v) is 14.1. The Bertz CT molecular complexity index is 595. The fourth-order valence-electron chi connectivity index (χ4n) is 1.61. The van der Waals surface area contributed by atoms with Crippen molar-refractivity contribution in [2.75, 3.05) is 12.8 Å². The predicted octanol–water partition coefficient (Wildman–Crippen LogP) is 3.37. The second-order valence-electron chi connectivity index (χ2n) is 4.26. The van der Waals surface area contributed by atoms with Crippen LogP contribution in [0.25, 0.3) is 0 Å². The highest BCUT2D eigenvalue weighted by Crippen LogP contribution is 2.22. The normalized spacial score (nSPS) is 12.3. The van der Waals surface area contributed by atoms with E-state index >= 15 is 0 Å². The summed E-state index contributed by atoms with van der Waals surface area (Å²) in [5.41, 5.74) is 0. The minimum Gasteiger partial charge on any atom is -0.340 e. The maximum atomic E-state index is 12.0. The van der Waals surface area contributed by atoms with Crippen molar-refractivity contribution in [2.45, 2.75) is 12.3 Å². The van der Waals surface area contributed by atoms with Crippen LogP contribution >= 0.6 is 34.3 Å². The first-order chi connectivity index (χ1) is 9.54. The van der Waals surface area contributed by atoms with Crippen LogP contribution in [0.4, 0.5) is 0 Å². The molecule has 0 N–H and O–H groups in total. The van der Waals surface area contributed by atoms with Gasteiger partial charge in [0.15, 0.2) is 0 Å². The SMILES string of the molecule is CN(Cc1cccs1)C(=O)CS(=O)Cc1ccc(Cl)s1. The standard InChI is InChI=1S/C13H14ClNO2S3/c1-15(7-10-3-2-6-18-10)13(16)9-20(17)8-11-4-5-12(14)19-11/h2-6H,7-9H2,1H3. The van der Waals surface area contributed by atoms with Gasteiger partial charge in [-0.15, -0.1) is 22.7 Å². The van der Waals surface area contributed by atoms with Crippen molar-refractivity contribution in [3.8, 4) is 0 Å². The maximum Gasteiger partial charge on any atom is 0.235 e. The lowest BCUT2D eigenvalue weighted by Gasteiger charge is -2.15. The second kappa shape index (κ2) is 7.36. The second-order valence-corrected chi connectivity index (χ2v) is 8.55. The van der Waals surface area contributed by atoms with E-state index in [1.54, 1.807) is 29.4 Å². The molecule has 108 valence electrons. The minimum absolute atomic E-state index is 0.0530. The number of halogens is 1. The summed E-state index contributed by atoms with van der Waals surface area (Å²) in [4.78, 5) is 15.7. The summed E-state index contributed by atoms with van der Waals surface area (Å²) in [7, 11) is 0.545. The maximum absolute atomic E-state index is 12.0. The van der Waals surface area contributed by atoms with Gasteiger partial charge in [-0.1, -0.05) is 17.7 Å². The van der Waals surface area contributed by atoms with Crippen LogP contribution in [0.1, 0.15) is 9.75 Å². The van der Waals surface area contributed by atoms with Gasteiger partial charge in [0, 0.05) is 27.6 Å². The van der Waals surface area contributed by atoms with E-state index in [0.29, 0.717) is 16.6 Å². The monoisotopic (exact) mass is 347 g/mol. The molecule has 1 unspecified atom stereocenters. The molecular weight excluding hydrogens is 334 g/mol. The molecule has 0 spiro atoms. The molecule has 2 heterocycles. The number of carbonyl (C=O) groups is 1. The number of thiophene rings is 2. The molecule has 0 aliphatic rings. The molecule has 0 bridgehead atoms. The average Bonchev–Trinajstić information content (AvgIpc) is 3.01. The van der Waals surface area contributed by atoms with Crippen molar-refractivity contribution in [1.29, 1.82) is 0 Å². The summed E-state index contributed by atoms with van der Waals surface area (Å²) >= 11 is 8.84. The molecule has 0 radical (unpaired) electrons. The van der Waals surface area contributed by atoms with E-state index in [9.17, 15) is 9.00 Å². The summed E-state index contributed by atoms with van der Waals surface area (Å²) < 4.78 is 12.6. The largest absolute Gasteiger partial charge is 0.340 e. The number of carbonyl (C=O) groups excluding carboxylic acids is 1. The van der Waals surface area contributed by atoms with E-state index in [4.69, 9.17) is 11.6 Å². The number of hydrogen-bond acceptors (Lipinski definition) is 4. The third-order valence-electron chi connectivity index (χ3n) is 2.62. The van der Waals surface area contributed by atoms with Crippen LogP contribution in [-0.4, -0.2) is 27.8 Å². The Morgan fingerprint density at radius 3 is 2.75 bits per heavy atom. The van der Waals surface area contributed by atoms with E-state index in [-0.39, 0.29) is 11.7 Å². The predicted molar refractivity (Wildman–Crippen MR) is 86.8 cm³/mol. The fourth-order valence-corrected chi connectivity index (χ4v) is 4.89. The van der Waals surface area contributed by atoms with E-state index < -0.39 is 10.8 Å². The quantitative estimate of drug-likeness (QED) is 0.803. The average molecular weight is 348 g/mol. The van der Waals surface area contributed by atoms with Gasteiger partial charge in [0.05, 0.1) is 16.6 Å². The summed E-state index contributed by atoms with van der Waals surface area (Å²) in [6.45, 7) is 0.568. The van der Waals surface area contributed by atoms with Gasteiger partial charge in [0.1, 0.15) is 5.75 Å². The number of hydrogen-bond donors (Lipinski definition) is 0. The lowest BCUT2D eigenvalue weighted by atomic mass is 10.4. The molecule has 2 rings (SSSR count). The molecule has 2 aromatic heterocycles.